The molecule has 0 amide bonds. The molecule has 7 fully saturated rings. The van der Waals surface area contributed by atoms with Gasteiger partial charge in [0.2, 0.25) is 11.4 Å². The lowest BCUT2D eigenvalue weighted by atomic mass is 9.48. The lowest BCUT2D eigenvalue weighted by Gasteiger charge is -2.63. The van der Waals surface area contributed by atoms with Gasteiger partial charge in [-0.15, -0.1) is 0 Å². The Hall–Kier alpha value is -1.90. The van der Waals surface area contributed by atoms with Crippen molar-refractivity contribution in [3.05, 3.63) is 24.3 Å². The average Bonchev–Trinajstić information content (AvgIpc) is 3.55. The third-order valence-corrected chi connectivity index (χ3v) is 13.7. The molecule has 3 N–H and O–H groups in total. The zero-order valence-electron chi connectivity index (χ0n) is 29.9. The lowest BCUT2D eigenvalue weighted by molar-refractivity contribution is -0.438. The second kappa shape index (κ2) is 11.5. The highest BCUT2D eigenvalue weighted by molar-refractivity contribution is 5.86. The largest absolute Gasteiger partial charge is 0.465 e. The van der Waals surface area contributed by atoms with Crippen LogP contribution in [0.15, 0.2) is 24.3 Å². The number of hydrogen-bond donors (Lipinski definition) is 3. The summed E-state index contributed by atoms with van der Waals surface area (Å²) in [7, 11) is 0. The Kier molecular flexibility index (Phi) is 8.12. The molecule has 50 heavy (non-hydrogen) atoms. The van der Waals surface area contributed by atoms with E-state index in [1.54, 1.807) is 27.7 Å². The van der Waals surface area contributed by atoms with Gasteiger partial charge in [0.25, 0.3) is 5.97 Å². The third kappa shape index (κ3) is 4.22. The maximum Gasteiger partial charge on any atom is 0.344 e. The Labute approximate surface area is 293 Å². The van der Waals surface area contributed by atoms with E-state index in [4.69, 9.17) is 33.2 Å². The van der Waals surface area contributed by atoms with Crippen molar-refractivity contribution in [2.75, 3.05) is 13.2 Å². The fourth-order valence-corrected chi connectivity index (χ4v) is 11.7. The van der Waals surface area contributed by atoms with E-state index in [2.05, 4.69) is 25.7 Å². The number of allylic oxidation sites excluding steroid dienone is 2. The van der Waals surface area contributed by atoms with Gasteiger partial charge in [0.15, 0.2) is 0 Å². The number of carbonyl (C=O) groups is 2. The minimum Gasteiger partial charge on any atom is -0.465 e. The first kappa shape index (κ1) is 35.1. The topological polar surface area (TPSA) is 163 Å². The lowest BCUT2D eigenvalue weighted by Crippen LogP contribution is -2.79. The molecule has 0 aromatic rings. The van der Waals surface area contributed by atoms with Crippen molar-refractivity contribution in [3.63, 3.8) is 0 Å². The normalized spacial score (nSPS) is 53.5. The number of hydrogen-bond acceptors (Lipinski definition) is 12. The molecule has 5 saturated heterocycles. The van der Waals surface area contributed by atoms with E-state index in [0.29, 0.717) is 18.4 Å². The van der Waals surface area contributed by atoms with Gasteiger partial charge in [0.05, 0.1) is 36.8 Å². The zero-order chi connectivity index (χ0) is 35.6. The van der Waals surface area contributed by atoms with E-state index in [1.165, 1.54) is 0 Å². The van der Waals surface area contributed by atoms with Gasteiger partial charge in [0.1, 0.15) is 29.5 Å². The molecule has 6 aliphatic heterocycles. The van der Waals surface area contributed by atoms with Crippen LogP contribution in [0.25, 0.3) is 0 Å². The fourth-order valence-electron chi connectivity index (χ4n) is 11.7. The van der Waals surface area contributed by atoms with Crippen molar-refractivity contribution < 1.29 is 58.1 Å². The number of esters is 2. The van der Waals surface area contributed by atoms with Crippen LogP contribution in [-0.4, -0.2) is 99.1 Å². The summed E-state index contributed by atoms with van der Waals surface area (Å²) in [5, 5.41) is 36.5. The Bertz CT molecular complexity index is 1460. The summed E-state index contributed by atoms with van der Waals surface area (Å²) in [6.07, 6.45) is 6.57. The van der Waals surface area contributed by atoms with Gasteiger partial charge in [-0.25, -0.2) is 4.79 Å². The van der Waals surface area contributed by atoms with Gasteiger partial charge in [-0.2, -0.15) is 0 Å². The summed E-state index contributed by atoms with van der Waals surface area (Å²) < 4.78 is 46.8. The zero-order valence-corrected chi connectivity index (χ0v) is 29.9. The minimum absolute atomic E-state index is 0.0356. The monoisotopic (exact) mass is 702 g/mol. The SMILES string of the molecule is C=C(C)[C@@]12OC34CCC/C=C\CCCCC(CCC)[C@@H]5[C@@H]6[C@]7(O[C@]5(C)OC7=O)[C@H](O)[C@@]5(CO)O[C@H]5[C@@H]([C@H]1O3)[C@]6(O4)[C@H](COC(=O)C(C)C)[C@H]2O. The van der Waals surface area contributed by atoms with Crippen molar-refractivity contribution in [3.8, 4) is 0 Å². The maximum atomic E-state index is 14.5. The molecule has 8 rings (SSSR count). The van der Waals surface area contributed by atoms with Crippen molar-refractivity contribution in [2.45, 2.75) is 151 Å². The van der Waals surface area contributed by atoms with Crippen LogP contribution >= 0.6 is 0 Å². The number of epoxide rings is 1. The molecule has 0 aromatic carbocycles. The Morgan fingerprint density at radius 2 is 1.80 bits per heavy atom. The molecule has 15 atom stereocenters. The van der Waals surface area contributed by atoms with E-state index in [1.807, 2.05) is 0 Å². The Balaban J connectivity index is 1.43. The fraction of sp³-hybridized carbons (Fsp3) is 0.842. The third-order valence-electron chi connectivity index (χ3n) is 13.7. The van der Waals surface area contributed by atoms with E-state index < -0.39 is 107 Å². The van der Waals surface area contributed by atoms with E-state index in [9.17, 15) is 24.9 Å². The number of aliphatic hydroxyl groups is 3. The summed E-state index contributed by atoms with van der Waals surface area (Å²) in [6, 6.07) is 0. The quantitative estimate of drug-likeness (QED) is 0.202. The van der Waals surface area contributed by atoms with Crippen LogP contribution in [-0.2, 0) is 42.7 Å². The average molecular weight is 703 g/mol. The number of carbonyl (C=O) groups excluding carboxylic acids is 2. The van der Waals surface area contributed by atoms with Crippen LogP contribution < -0.4 is 0 Å². The van der Waals surface area contributed by atoms with E-state index >= 15 is 0 Å². The second-order valence-electron chi connectivity index (χ2n) is 16.8. The molecule has 2 unspecified atom stereocenters. The maximum absolute atomic E-state index is 14.5. The van der Waals surface area contributed by atoms with Crippen LogP contribution in [0.2, 0.25) is 0 Å². The molecule has 0 aromatic heterocycles. The van der Waals surface area contributed by atoms with Crippen molar-refractivity contribution in [2.24, 2.45) is 35.5 Å². The summed E-state index contributed by atoms with van der Waals surface area (Å²) in [5.74, 6) is -8.05. The molecule has 6 heterocycles. The molecular weight excluding hydrogens is 648 g/mol. The number of fused-ring (bicyclic) bond motifs is 3. The standard InChI is InChI=1S/C38H54O12/c1-7-15-22-16-13-11-9-8-10-12-14-17-35-46-29-25-28-34(19-39,45-28)31(42)38-26(24(22)33(6,48-38)47-32(38)43)37(25,50-35)23(18-44-30(41)20(2)3)27(40)36(29,49-35)21(4)5/h8,10,20,22-29,31,39-40,42H,4,7,9,11-19H2,1-3,5-6H3/b10-8-/t22?,23-,24-,25+,26+,27-,28+,29-,31-,33+,34+,35?,36+,37-,38+/m1/s1. The smallest absolute Gasteiger partial charge is 0.344 e. The van der Waals surface area contributed by atoms with Gasteiger partial charge < -0.3 is 48.5 Å². The van der Waals surface area contributed by atoms with Crippen LogP contribution in [0.1, 0.15) is 92.4 Å². The highest BCUT2D eigenvalue weighted by atomic mass is 16.9. The van der Waals surface area contributed by atoms with Gasteiger partial charge in [0, 0.05) is 31.1 Å². The molecule has 0 radical (unpaired) electrons. The second-order valence-corrected chi connectivity index (χ2v) is 16.8. The summed E-state index contributed by atoms with van der Waals surface area (Å²) >= 11 is 0. The summed E-state index contributed by atoms with van der Waals surface area (Å²) in [6.45, 7) is 12.6. The number of rotatable bonds is 7. The van der Waals surface area contributed by atoms with Crippen molar-refractivity contribution >= 4 is 11.9 Å². The first-order valence-corrected chi connectivity index (χ1v) is 18.9. The Morgan fingerprint density at radius 1 is 1.06 bits per heavy atom. The van der Waals surface area contributed by atoms with E-state index in [0.717, 1.165) is 44.9 Å². The molecule has 2 saturated carbocycles. The summed E-state index contributed by atoms with van der Waals surface area (Å²) in [4.78, 5) is 27.7. The van der Waals surface area contributed by atoms with Crippen LogP contribution in [0, 0.1) is 35.5 Å². The number of ether oxygens (including phenoxy) is 7. The van der Waals surface area contributed by atoms with Crippen molar-refractivity contribution in [1.82, 2.24) is 0 Å². The molecule has 2 aliphatic carbocycles. The molecule has 278 valence electrons. The van der Waals surface area contributed by atoms with Crippen LogP contribution in [0.3, 0.4) is 0 Å². The van der Waals surface area contributed by atoms with E-state index in [-0.39, 0.29) is 12.5 Å². The molecule has 5 bridgehead atoms. The summed E-state index contributed by atoms with van der Waals surface area (Å²) in [5.41, 5.74) is -6.24. The molecule has 12 heteroatoms. The van der Waals surface area contributed by atoms with Crippen molar-refractivity contribution in [1.29, 1.82) is 0 Å². The minimum atomic E-state index is -2.03. The first-order chi connectivity index (χ1) is 23.7. The van der Waals surface area contributed by atoms with Gasteiger partial charge in [-0.1, -0.05) is 58.8 Å². The van der Waals surface area contributed by atoms with Gasteiger partial charge in [-0.3, -0.25) is 4.79 Å². The Morgan fingerprint density at radius 3 is 2.48 bits per heavy atom. The molecular formula is C38H54O12. The van der Waals surface area contributed by atoms with Gasteiger partial charge in [-0.05, 0) is 50.5 Å². The molecule has 12 nitrogen and oxygen atoms in total. The van der Waals surface area contributed by atoms with Crippen LogP contribution in [0.5, 0.6) is 0 Å². The van der Waals surface area contributed by atoms with Crippen LogP contribution in [0.4, 0.5) is 0 Å². The van der Waals surface area contributed by atoms with Gasteiger partial charge >= 0.3 is 11.9 Å². The highest BCUT2D eigenvalue weighted by Gasteiger charge is 2.95. The first-order valence-electron chi connectivity index (χ1n) is 18.9. The molecule has 8 aliphatic rings. The predicted molar refractivity (Wildman–Crippen MR) is 175 cm³/mol. The molecule has 3 spiro atoms. The number of aliphatic hydroxyl groups excluding tert-OH is 3. The highest BCUT2D eigenvalue weighted by Crippen LogP contribution is 2.77. The predicted octanol–water partition coefficient (Wildman–Crippen LogP) is 3.44.